The Hall–Kier alpha value is -1.83. The molecule has 0 aliphatic carbocycles. The summed E-state index contributed by atoms with van der Waals surface area (Å²) in [4.78, 5) is 13.9. The number of fused-ring (bicyclic) bond motifs is 1. The van der Waals surface area contributed by atoms with Gasteiger partial charge in [-0.05, 0) is 42.7 Å². The first-order valence-electron chi connectivity index (χ1n) is 7.87. The van der Waals surface area contributed by atoms with E-state index in [1.165, 1.54) is 25.7 Å². The molecule has 1 N–H and O–H groups in total. The minimum absolute atomic E-state index is 0.108. The summed E-state index contributed by atoms with van der Waals surface area (Å²) in [6.45, 7) is 1.85. The van der Waals surface area contributed by atoms with E-state index < -0.39 is 10.0 Å². The molecule has 0 fully saturated rings. The molecule has 2 aromatic carbocycles. The number of sulfonamides is 1. The summed E-state index contributed by atoms with van der Waals surface area (Å²) < 4.78 is 25.8. The molecule has 2 aromatic rings. The molecule has 0 aromatic heterocycles. The van der Waals surface area contributed by atoms with Crippen LogP contribution in [-0.4, -0.2) is 38.0 Å². The van der Waals surface area contributed by atoms with Gasteiger partial charge in [-0.15, -0.1) is 11.8 Å². The van der Waals surface area contributed by atoms with Crippen molar-refractivity contribution in [3.63, 3.8) is 0 Å². The smallest absolute Gasteiger partial charge is 0.242 e. The molecule has 0 spiro atoms. The Labute approximate surface area is 152 Å². The maximum atomic E-state index is 12.6. The minimum Gasteiger partial charge on any atom is -0.325 e. The van der Waals surface area contributed by atoms with Crippen molar-refractivity contribution < 1.29 is 13.2 Å². The van der Waals surface area contributed by atoms with Crippen molar-refractivity contribution in [2.75, 3.05) is 19.4 Å². The van der Waals surface area contributed by atoms with Crippen LogP contribution >= 0.6 is 11.8 Å². The third-order valence-corrected chi connectivity index (χ3v) is 7.31. The van der Waals surface area contributed by atoms with Crippen molar-refractivity contribution in [3.05, 3.63) is 53.6 Å². The van der Waals surface area contributed by atoms with E-state index in [1.54, 1.807) is 23.9 Å². The average Bonchev–Trinajstić information content (AvgIpc) is 3.00. The van der Waals surface area contributed by atoms with E-state index in [-0.39, 0.29) is 16.1 Å². The van der Waals surface area contributed by atoms with Crippen LogP contribution in [0.15, 0.2) is 52.3 Å². The Morgan fingerprint density at radius 1 is 1.20 bits per heavy atom. The number of aryl methyl sites for hydroxylation is 1. The zero-order valence-corrected chi connectivity index (χ0v) is 15.9. The van der Waals surface area contributed by atoms with E-state index in [4.69, 9.17) is 0 Å². The molecule has 0 saturated carbocycles. The van der Waals surface area contributed by atoms with Crippen LogP contribution in [0.2, 0.25) is 0 Å². The minimum atomic E-state index is -3.54. The predicted molar refractivity (Wildman–Crippen MR) is 100 cm³/mol. The quantitative estimate of drug-likeness (QED) is 0.891. The number of thioether (sulfide) groups is 1. The lowest BCUT2D eigenvalue weighted by molar-refractivity contribution is -0.115. The molecule has 0 saturated heterocycles. The van der Waals surface area contributed by atoms with Gasteiger partial charge in [-0.3, -0.25) is 4.79 Å². The Balaban J connectivity index is 1.81. The van der Waals surface area contributed by atoms with Crippen LogP contribution in [0.1, 0.15) is 11.1 Å². The van der Waals surface area contributed by atoms with Crippen molar-refractivity contribution in [2.24, 2.45) is 0 Å². The van der Waals surface area contributed by atoms with E-state index in [0.29, 0.717) is 12.1 Å². The fourth-order valence-corrected chi connectivity index (χ4v) is 4.77. The van der Waals surface area contributed by atoms with Gasteiger partial charge in [-0.25, -0.2) is 12.7 Å². The Morgan fingerprint density at radius 2 is 1.92 bits per heavy atom. The third kappa shape index (κ3) is 3.58. The number of benzene rings is 2. The highest BCUT2D eigenvalue weighted by Crippen LogP contribution is 2.37. The van der Waals surface area contributed by atoms with Crippen LogP contribution in [0.25, 0.3) is 0 Å². The van der Waals surface area contributed by atoms with Gasteiger partial charge in [-0.2, -0.15) is 0 Å². The topological polar surface area (TPSA) is 66.5 Å². The summed E-state index contributed by atoms with van der Waals surface area (Å²) >= 11 is 1.55. The van der Waals surface area contributed by atoms with E-state index in [2.05, 4.69) is 5.32 Å². The number of hydrogen-bond donors (Lipinski definition) is 1. The van der Waals surface area contributed by atoms with Gasteiger partial charge in [0.05, 0.1) is 10.1 Å². The van der Waals surface area contributed by atoms with Gasteiger partial charge in [0.2, 0.25) is 15.9 Å². The molecule has 1 aliphatic rings. The first-order valence-corrected chi connectivity index (χ1v) is 10.2. The maximum absolute atomic E-state index is 12.6. The van der Waals surface area contributed by atoms with Gasteiger partial charge in [0, 0.05) is 24.7 Å². The van der Waals surface area contributed by atoms with Crippen molar-refractivity contribution in [1.82, 2.24) is 4.31 Å². The van der Waals surface area contributed by atoms with Crippen molar-refractivity contribution in [3.8, 4) is 0 Å². The summed E-state index contributed by atoms with van der Waals surface area (Å²) in [5, 5.41) is 2.69. The lowest BCUT2D eigenvalue weighted by atomic mass is 10.1. The van der Waals surface area contributed by atoms with Gasteiger partial charge in [0.1, 0.15) is 0 Å². The monoisotopic (exact) mass is 376 g/mol. The zero-order valence-electron chi connectivity index (χ0n) is 14.3. The summed E-state index contributed by atoms with van der Waals surface area (Å²) in [6.07, 6.45) is 0.682. The van der Waals surface area contributed by atoms with E-state index in [1.807, 2.05) is 31.2 Å². The lowest BCUT2D eigenvalue weighted by Gasteiger charge is -2.15. The van der Waals surface area contributed by atoms with Crippen LogP contribution in [0.4, 0.5) is 5.69 Å². The van der Waals surface area contributed by atoms with Crippen LogP contribution in [0.3, 0.4) is 0 Å². The second-order valence-electron chi connectivity index (χ2n) is 6.17. The molecule has 1 aliphatic heterocycles. The number of carbonyl (C=O) groups is 1. The normalized spacial score (nSPS) is 16.7. The van der Waals surface area contributed by atoms with E-state index in [9.17, 15) is 13.2 Å². The lowest BCUT2D eigenvalue weighted by Crippen LogP contribution is -2.26. The van der Waals surface area contributed by atoms with Crippen molar-refractivity contribution in [2.45, 2.75) is 28.4 Å². The molecule has 132 valence electrons. The average molecular weight is 377 g/mol. The molecule has 1 unspecified atom stereocenters. The molecule has 1 heterocycles. The molecule has 1 amide bonds. The number of nitrogens with zero attached hydrogens (tertiary/aromatic N) is 1. The molecular weight excluding hydrogens is 356 g/mol. The highest BCUT2D eigenvalue weighted by atomic mass is 32.2. The first kappa shape index (κ1) is 18.0. The van der Waals surface area contributed by atoms with Crippen LogP contribution < -0.4 is 5.32 Å². The van der Waals surface area contributed by atoms with Crippen LogP contribution in [0, 0.1) is 6.92 Å². The Bertz CT molecular complexity index is 899. The zero-order chi connectivity index (χ0) is 18.2. The Morgan fingerprint density at radius 3 is 2.60 bits per heavy atom. The van der Waals surface area contributed by atoms with Gasteiger partial charge in [-0.1, -0.05) is 24.3 Å². The predicted octanol–water partition coefficient (Wildman–Crippen LogP) is 2.90. The van der Waals surface area contributed by atoms with E-state index in [0.717, 1.165) is 14.8 Å². The summed E-state index contributed by atoms with van der Waals surface area (Å²) in [7, 11) is -0.566. The summed E-state index contributed by atoms with van der Waals surface area (Å²) in [5.74, 6) is -0.108. The number of anilines is 1. The second-order valence-corrected chi connectivity index (χ2v) is 9.57. The number of hydrogen-bond acceptors (Lipinski definition) is 4. The number of amides is 1. The molecule has 1 atom stereocenters. The summed E-state index contributed by atoms with van der Waals surface area (Å²) in [6, 6.07) is 12.8. The number of rotatable bonds is 4. The molecule has 3 rings (SSSR count). The highest BCUT2D eigenvalue weighted by molar-refractivity contribution is 8.01. The maximum Gasteiger partial charge on any atom is 0.242 e. The SMILES string of the molecule is Cc1ccc(S(=O)(=O)N(C)C)cc1NC(=O)C1Cc2ccccc2S1. The highest BCUT2D eigenvalue weighted by Gasteiger charge is 2.28. The van der Waals surface area contributed by atoms with Gasteiger partial charge in [0.15, 0.2) is 0 Å². The second kappa shape index (κ2) is 6.82. The molecule has 0 radical (unpaired) electrons. The number of nitrogens with one attached hydrogen (secondary N) is 1. The first-order chi connectivity index (χ1) is 11.8. The molecule has 7 heteroatoms. The fourth-order valence-electron chi connectivity index (χ4n) is 2.65. The van der Waals surface area contributed by atoms with E-state index >= 15 is 0 Å². The fraction of sp³-hybridized carbons (Fsp3) is 0.278. The van der Waals surface area contributed by atoms with Gasteiger partial charge >= 0.3 is 0 Å². The van der Waals surface area contributed by atoms with Crippen LogP contribution in [0.5, 0.6) is 0 Å². The van der Waals surface area contributed by atoms with Gasteiger partial charge < -0.3 is 5.32 Å². The molecule has 25 heavy (non-hydrogen) atoms. The van der Waals surface area contributed by atoms with Crippen molar-refractivity contribution >= 4 is 33.4 Å². The van der Waals surface area contributed by atoms with Crippen LogP contribution in [-0.2, 0) is 21.2 Å². The summed E-state index contributed by atoms with van der Waals surface area (Å²) in [5.41, 5.74) is 2.53. The standard InChI is InChI=1S/C18H20N2O3S2/c1-12-8-9-14(25(22,23)20(2)3)11-15(12)19-18(21)17-10-13-6-4-5-7-16(13)24-17/h4-9,11,17H,10H2,1-3H3,(H,19,21). The largest absolute Gasteiger partial charge is 0.325 e. The molecule has 0 bridgehead atoms. The third-order valence-electron chi connectivity index (χ3n) is 4.19. The Kier molecular flexibility index (Phi) is 4.90. The molecule has 5 nitrogen and oxygen atoms in total. The number of carbonyl (C=O) groups excluding carboxylic acids is 1. The van der Waals surface area contributed by atoms with Crippen molar-refractivity contribution in [1.29, 1.82) is 0 Å². The molecular formula is C18H20N2O3S2. The van der Waals surface area contributed by atoms with Gasteiger partial charge in [0.25, 0.3) is 0 Å².